The highest BCUT2D eigenvalue weighted by Gasteiger charge is 2.31. The minimum atomic E-state index is -1.19. The third kappa shape index (κ3) is 14.5. The largest absolute Gasteiger partial charge is 0.465 e. The monoisotopic (exact) mass is 699 g/mol. The van der Waals surface area contributed by atoms with Gasteiger partial charge in [0.15, 0.2) is 0 Å². The minimum Gasteiger partial charge on any atom is -0.465 e. The number of carbonyl (C=O) groups excluding carboxylic acids is 6. The molecule has 0 unspecified atom stereocenters. The fourth-order valence-electron chi connectivity index (χ4n) is 4.23. The number of carbonyl (C=O) groups is 7. The van der Waals surface area contributed by atoms with Crippen LogP contribution in [0.3, 0.4) is 0 Å². The Morgan fingerprint density at radius 3 is 2.00 bits per heavy atom. The van der Waals surface area contributed by atoms with E-state index in [-0.39, 0.29) is 45.7 Å². The van der Waals surface area contributed by atoms with Crippen LogP contribution in [0.15, 0.2) is 54.6 Å². The quantitative estimate of drug-likeness (QED) is 0.0792. The smallest absolute Gasteiger partial charge is 0.409 e. The summed E-state index contributed by atoms with van der Waals surface area (Å²) in [4.78, 5) is 88.1. The maximum Gasteiger partial charge on any atom is 0.409 e. The first-order valence-corrected chi connectivity index (χ1v) is 15.7. The Labute approximate surface area is 289 Å². The van der Waals surface area contributed by atoms with Gasteiger partial charge in [0.1, 0.15) is 25.3 Å². The molecule has 272 valence electrons. The fourth-order valence-corrected chi connectivity index (χ4v) is 4.23. The van der Waals surface area contributed by atoms with Crippen molar-refractivity contribution in [3.8, 4) is 0 Å². The van der Waals surface area contributed by atoms with Gasteiger partial charge in [-0.15, -0.1) is 0 Å². The lowest BCUT2D eigenvalue weighted by atomic mass is 10.0. The average molecular weight is 700 g/mol. The summed E-state index contributed by atoms with van der Waals surface area (Å²) in [5.74, 6) is -4.09. The van der Waals surface area contributed by atoms with Crippen molar-refractivity contribution in [2.45, 2.75) is 52.0 Å². The molecule has 50 heavy (non-hydrogen) atoms. The lowest BCUT2D eigenvalue weighted by Crippen LogP contribution is -2.55. The number of benzene rings is 2. The summed E-state index contributed by atoms with van der Waals surface area (Å²) < 4.78 is 10.3. The third-order valence-corrected chi connectivity index (χ3v) is 7.23. The summed E-state index contributed by atoms with van der Waals surface area (Å²) in [6, 6.07) is 12.1. The molecular weight excluding hydrogens is 654 g/mol. The van der Waals surface area contributed by atoms with Gasteiger partial charge in [0, 0.05) is 39.4 Å². The molecule has 2 aromatic carbocycles. The zero-order valence-corrected chi connectivity index (χ0v) is 28.5. The van der Waals surface area contributed by atoms with Crippen LogP contribution < -0.4 is 27.0 Å². The van der Waals surface area contributed by atoms with E-state index < -0.39 is 59.9 Å². The molecule has 17 nitrogen and oxygen atoms in total. The van der Waals surface area contributed by atoms with Crippen LogP contribution in [0, 0.1) is 5.92 Å². The van der Waals surface area contributed by atoms with E-state index in [1.165, 1.54) is 19.0 Å². The zero-order chi connectivity index (χ0) is 37.2. The molecule has 0 saturated carbocycles. The van der Waals surface area contributed by atoms with E-state index >= 15 is 0 Å². The predicted octanol–water partition coefficient (Wildman–Crippen LogP) is 1.62. The number of carboxylic acid groups (broad SMARTS) is 1. The number of anilines is 1. The predicted molar refractivity (Wildman–Crippen MR) is 180 cm³/mol. The first-order valence-electron chi connectivity index (χ1n) is 15.7. The highest BCUT2D eigenvalue weighted by atomic mass is 16.6. The Hall–Kier alpha value is -5.87. The molecule has 0 aromatic heterocycles. The number of likely N-dealkylation sites (N-methyl/N-ethyl adjacent to an activating group) is 2. The molecule has 17 heteroatoms. The molecule has 0 bridgehead atoms. The van der Waals surface area contributed by atoms with Gasteiger partial charge in [-0.2, -0.15) is 0 Å². The Morgan fingerprint density at radius 2 is 1.40 bits per heavy atom. The van der Waals surface area contributed by atoms with Crippen LogP contribution in [0.4, 0.5) is 20.1 Å². The van der Waals surface area contributed by atoms with Crippen molar-refractivity contribution < 1.29 is 48.1 Å². The van der Waals surface area contributed by atoms with Crippen molar-refractivity contribution in [2.24, 2.45) is 11.7 Å². The Bertz CT molecular complexity index is 1470. The second-order valence-corrected chi connectivity index (χ2v) is 11.6. The lowest BCUT2D eigenvalue weighted by Gasteiger charge is -2.25. The second-order valence-electron chi connectivity index (χ2n) is 11.6. The van der Waals surface area contributed by atoms with Gasteiger partial charge in [-0.1, -0.05) is 56.3 Å². The van der Waals surface area contributed by atoms with Gasteiger partial charge in [0.2, 0.25) is 11.8 Å². The number of amides is 7. The maximum absolute atomic E-state index is 13.3. The number of nitrogens with two attached hydrogens (primary N) is 1. The molecule has 2 atom stereocenters. The number of esters is 1. The van der Waals surface area contributed by atoms with E-state index in [1.54, 1.807) is 68.4 Å². The molecule has 2 rings (SSSR count). The molecular formula is C33H45N7O10. The van der Waals surface area contributed by atoms with Gasteiger partial charge >= 0.3 is 30.1 Å². The average Bonchev–Trinajstić information content (AvgIpc) is 3.08. The summed E-state index contributed by atoms with van der Waals surface area (Å²) in [5.41, 5.74) is 6.76. The molecule has 0 aliphatic carbocycles. The Kier molecular flexibility index (Phi) is 16.5. The van der Waals surface area contributed by atoms with Crippen LogP contribution in [-0.4, -0.2) is 103 Å². The molecule has 0 spiro atoms. The van der Waals surface area contributed by atoms with E-state index in [4.69, 9.17) is 20.3 Å². The van der Waals surface area contributed by atoms with Crippen LogP contribution in [0.5, 0.6) is 0 Å². The molecule has 7 N–H and O–H groups in total. The third-order valence-electron chi connectivity index (χ3n) is 7.23. The SMILES string of the molecule is CC(C)[C@H](NC(=O)C(=O)OCc1ccccc1)C(=O)N[C@@H](CCCNC(N)=O)C(=O)Nc1ccc(COC(=O)N(C)CCN(C)C(=O)O)cc1. The van der Waals surface area contributed by atoms with E-state index in [0.717, 1.165) is 4.90 Å². The van der Waals surface area contributed by atoms with Crippen LogP contribution in [0.1, 0.15) is 37.8 Å². The molecule has 7 amide bonds. The lowest BCUT2D eigenvalue weighted by molar-refractivity contribution is -0.156. The highest BCUT2D eigenvalue weighted by molar-refractivity contribution is 6.33. The number of hydrogen-bond acceptors (Lipinski definition) is 9. The number of nitrogens with one attached hydrogen (secondary N) is 4. The summed E-state index contributed by atoms with van der Waals surface area (Å²) >= 11 is 0. The van der Waals surface area contributed by atoms with Crippen molar-refractivity contribution in [3.05, 3.63) is 65.7 Å². The molecule has 0 saturated heterocycles. The van der Waals surface area contributed by atoms with Crippen LogP contribution >= 0.6 is 0 Å². The summed E-state index contributed by atoms with van der Waals surface area (Å²) in [7, 11) is 2.87. The summed E-state index contributed by atoms with van der Waals surface area (Å²) in [6.07, 6.45) is -1.42. The fraction of sp³-hybridized carbons (Fsp3) is 0.424. The van der Waals surface area contributed by atoms with Gasteiger partial charge < -0.3 is 51.4 Å². The molecule has 0 heterocycles. The van der Waals surface area contributed by atoms with Crippen molar-refractivity contribution in [2.75, 3.05) is 39.0 Å². The highest BCUT2D eigenvalue weighted by Crippen LogP contribution is 2.13. The Morgan fingerprint density at radius 1 is 0.800 bits per heavy atom. The van der Waals surface area contributed by atoms with Crippen molar-refractivity contribution >= 4 is 47.6 Å². The van der Waals surface area contributed by atoms with Crippen LogP contribution in [0.25, 0.3) is 0 Å². The Balaban J connectivity index is 2.01. The summed E-state index contributed by atoms with van der Waals surface area (Å²) in [6.45, 7) is 3.46. The topological polar surface area (TPSA) is 239 Å². The van der Waals surface area contributed by atoms with Crippen molar-refractivity contribution in [1.82, 2.24) is 25.8 Å². The van der Waals surface area contributed by atoms with E-state index in [1.807, 2.05) is 0 Å². The van der Waals surface area contributed by atoms with Crippen LogP contribution in [-0.2, 0) is 41.9 Å². The zero-order valence-electron chi connectivity index (χ0n) is 28.5. The second kappa shape index (κ2) is 20.5. The number of ether oxygens (including phenoxy) is 2. The molecule has 0 aliphatic heterocycles. The van der Waals surface area contributed by atoms with E-state index in [2.05, 4.69) is 21.3 Å². The standard InChI is InChI=1S/C33H45N7O10/c1-21(2)26(38-29(43)30(44)49-19-22-9-6-5-7-10-22)28(42)37-25(11-8-16-35-31(34)45)27(41)36-24-14-12-23(13-15-24)20-50-33(48)40(4)18-17-39(3)32(46)47/h5-7,9-10,12-15,21,25-26H,8,11,16-20H2,1-4H3,(H,36,41)(H,37,42)(H,38,43)(H,46,47)(H3,34,35,45)/t25-,26-/m0/s1. The number of urea groups is 1. The van der Waals surface area contributed by atoms with Gasteiger partial charge in [-0.3, -0.25) is 14.4 Å². The maximum atomic E-state index is 13.3. The van der Waals surface area contributed by atoms with Gasteiger partial charge in [0.25, 0.3) is 0 Å². The molecule has 2 aromatic rings. The number of hydrogen-bond donors (Lipinski definition) is 6. The first kappa shape index (κ1) is 40.3. The molecule has 0 radical (unpaired) electrons. The minimum absolute atomic E-state index is 0.0829. The van der Waals surface area contributed by atoms with Crippen molar-refractivity contribution in [3.63, 3.8) is 0 Å². The molecule has 0 aliphatic rings. The van der Waals surface area contributed by atoms with Crippen molar-refractivity contribution in [1.29, 1.82) is 0 Å². The summed E-state index contributed by atoms with van der Waals surface area (Å²) in [5, 5.41) is 19.1. The van der Waals surface area contributed by atoms with Gasteiger partial charge in [-0.25, -0.2) is 19.2 Å². The first-order chi connectivity index (χ1) is 23.7. The van der Waals surface area contributed by atoms with E-state index in [0.29, 0.717) is 16.8 Å². The normalized spacial score (nSPS) is 11.7. The number of nitrogens with zero attached hydrogens (tertiary/aromatic N) is 2. The van der Waals surface area contributed by atoms with Gasteiger partial charge in [0.05, 0.1) is 0 Å². The number of primary amides is 1. The molecule has 0 fully saturated rings. The number of rotatable bonds is 17. The van der Waals surface area contributed by atoms with E-state index in [9.17, 15) is 33.6 Å². The van der Waals surface area contributed by atoms with Crippen LogP contribution in [0.2, 0.25) is 0 Å². The van der Waals surface area contributed by atoms with Gasteiger partial charge in [-0.05, 0) is 42.0 Å².